The van der Waals surface area contributed by atoms with Crippen molar-refractivity contribution in [2.24, 2.45) is 5.11 Å². The molecule has 0 unspecified atom stereocenters. The van der Waals surface area contributed by atoms with Crippen molar-refractivity contribution in [1.29, 1.82) is 0 Å². The molecule has 0 atom stereocenters. The van der Waals surface area contributed by atoms with Gasteiger partial charge in [-0.25, -0.2) is 0 Å². The number of carbonyl (C=O) groups is 1. The van der Waals surface area contributed by atoms with Gasteiger partial charge in [0.2, 0.25) is 5.91 Å². The third-order valence-electron chi connectivity index (χ3n) is 2.16. The number of ether oxygens (including phenoxy) is 1. The minimum atomic E-state index is -0.163. The van der Waals surface area contributed by atoms with Gasteiger partial charge >= 0.3 is 0 Å². The lowest BCUT2D eigenvalue weighted by Gasteiger charge is -2.10. The van der Waals surface area contributed by atoms with Gasteiger partial charge in [-0.15, -0.1) is 0 Å². The average Bonchev–Trinajstić information content (AvgIpc) is 2.37. The summed E-state index contributed by atoms with van der Waals surface area (Å²) in [4.78, 5) is 14.2. The van der Waals surface area contributed by atoms with E-state index in [1.54, 1.807) is 18.2 Å². The molecule has 0 aliphatic rings. The number of halogens is 1. The number of amides is 1. The van der Waals surface area contributed by atoms with Crippen molar-refractivity contribution < 1.29 is 9.53 Å². The molecule has 1 aromatic rings. The van der Waals surface area contributed by atoms with Gasteiger partial charge in [-0.3, -0.25) is 4.79 Å². The molecule has 96 valence electrons. The van der Waals surface area contributed by atoms with E-state index in [-0.39, 0.29) is 12.3 Å². The molecule has 0 saturated carbocycles. The molecule has 0 radical (unpaired) electrons. The van der Waals surface area contributed by atoms with Crippen LogP contribution in [0.15, 0.2) is 23.3 Å². The lowest BCUT2D eigenvalue weighted by Crippen LogP contribution is -2.12. The third-order valence-corrected chi connectivity index (χ3v) is 2.40. The topological polar surface area (TPSA) is 87.1 Å². The van der Waals surface area contributed by atoms with Gasteiger partial charge in [0.15, 0.2) is 0 Å². The van der Waals surface area contributed by atoms with Crippen molar-refractivity contribution in [3.63, 3.8) is 0 Å². The third kappa shape index (κ3) is 4.53. The number of hydrogen-bond donors (Lipinski definition) is 1. The van der Waals surface area contributed by atoms with Crippen molar-refractivity contribution in [1.82, 2.24) is 0 Å². The summed E-state index contributed by atoms with van der Waals surface area (Å²) in [6, 6.07) is 4.96. The van der Waals surface area contributed by atoms with Gasteiger partial charge in [0.1, 0.15) is 5.75 Å². The summed E-state index contributed by atoms with van der Waals surface area (Å²) in [7, 11) is 1.50. The second-order valence-electron chi connectivity index (χ2n) is 3.45. The van der Waals surface area contributed by atoms with E-state index in [2.05, 4.69) is 15.3 Å². The summed E-state index contributed by atoms with van der Waals surface area (Å²) >= 11 is 5.81. The highest BCUT2D eigenvalue weighted by molar-refractivity contribution is 6.30. The zero-order valence-electron chi connectivity index (χ0n) is 9.89. The molecule has 1 rings (SSSR count). The first-order valence-corrected chi connectivity index (χ1v) is 5.69. The molecule has 0 aliphatic carbocycles. The molecule has 0 bridgehead atoms. The zero-order chi connectivity index (χ0) is 13.4. The minimum Gasteiger partial charge on any atom is -0.495 e. The number of nitrogens with zero attached hydrogens (tertiary/aromatic N) is 3. The Kier molecular flexibility index (Phi) is 5.84. The fourth-order valence-electron chi connectivity index (χ4n) is 1.34. The van der Waals surface area contributed by atoms with Crippen molar-refractivity contribution >= 4 is 23.2 Å². The maximum Gasteiger partial charge on any atom is 0.224 e. The summed E-state index contributed by atoms with van der Waals surface area (Å²) in [6.45, 7) is 0.307. The first-order chi connectivity index (χ1) is 8.67. The molecule has 0 heterocycles. The molecule has 0 spiro atoms. The quantitative estimate of drug-likeness (QED) is 0.371. The maximum atomic E-state index is 11.6. The zero-order valence-corrected chi connectivity index (χ0v) is 10.6. The van der Waals surface area contributed by atoms with E-state index in [0.717, 1.165) is 0 Å². The average molecular weight is 269 g/mol. The van der Waals surface area contributed by atoms with Crippen LogP contribution in [0.3, 0.4) is 0 Å². The smallest absolute Gasteiger partial charge is 0.224 e. The molecule has 0 aliphatic heterocycles. The van der Waals surface area contributed by atoms with E-state index >= 15 is 0 Å². The SMILES string of the molecule is COc1cc(Cl)ccc1NC(=O)CCCN=[N+]=[N-]. The number of carbonyl (C=O) groups excluding carboxylic acids is 1. The summed E-state index contributed by atoms with van der Waals surface area (Å²) in [5.74, 6) is 0.342. The summed E-state index contributed by atoms with van der Waals surface area (Å²) in [5.41, 5.74) is 8.66. The van der Waals surface area contributed by atoms with Crippen LogP contribution in [-0.4, -0.2) is 19.6 Å². The Balaban J connectivity index is 2.56. The van der Waals surface area contributed by atoms with Crippen molar-refractivity contribution in [3.05, 3.63) is 33.7 Å². The highest BCUT2D eigenvalue weighted by Crippen LogP contribution is 2.27. The first kappa shape index (κ1) is 14.2. The fourth-order valence-corrected chi connectivity index (χ4v) is 1.50. The van der Waals surface area contributed by atoms with E-state index in [1.165, 1.54) is 7.11 Å². The lowest BCUT2D eigenvalue weighted by atomic mass is 10.2. The van der Waals surface area contributed by atoms with Gasteiger partial charge in [-0.05, 0) is 24.1 Å². The van der Waals surface area contributed by atoms with Gasteiger partial charge in [-0.1, -0.05) is 16.7 Å². The van der Waals surface area contributed by atoms with E-state index in [1.807, 2.05) is 0 Å². The number of anilines is 1. The van der Waals surface area contributed by atoms with Gasteiger partial charge in [0, 0.05) is 29.0 Å². The normalized spacial score (nSPS) is 9.44. The maximum absolute atomic E-state index is 11.6. The Morgan fingerprint density at radius 3 is 3.06 bits per heavy atom. The number of nitrogens with one attached hydrogen (secondary N) is 1. The molecule has 0 aromatic heterocycles. The number of azide groups is 1. The van der Waals surface area contributed by atoms with Crippen molar-refractivity contribution in [2.45, 2.75) is 12.8 Å². The second-order valence-corrected chi connectivity index (χ2v) is 3.89. The second kappa shape index (κ2) is 7.42. The number of rotatable bonds is 6. The number of hydrogen-bond acceptors (Lipinski definition) is 3. The van der Waals surface area contributed by atoms with Crippen molar-refractivity contribution in [3.8, 4) is 5.75 Å². The van der Waals surface area contributed by atoms with Crippen LogP contribution >= 0.6 is 11.6 Å². The van der Waals surface area contributed by atoms with Crippen LogP contribution in [0.4, 0.5) is 5.69 Å². The van der Waals surface area contributed by atoms with E-state index in [4.69, 9.17) is 21.9 Å². The largest absolute Gasteiger partial charge is 0.495 e. The molecular formula is C11H13ClN4O2. The monoisotopic (exact) mass is 268 g/mol. The molecule has 1 aromatic carbocycles. The van der Waals surface area contributed by atoms with Crippen LogP contribution in [-0.2, 0) is 4.79 Å². The van der Waals surface area contributed by atoms with Crippen LogP contribution in [0.5, 0.6) is 5.75 Å². The van der Waals surface area contributed by atoms with Gasteiger partial charge < -0.3 is 10.1 Å². The molecule has 0 saturated heterocycles. The molecule has 1 N–H and O–H groups in total. The summed E-state index contributed by atoms with van der Waals surface area (Å²) in [5, 5.41) is 6.60. The summed E-state index contributed by atoms with van der Waals surface area (Å²) < 4.78 is 5.10. The van der Waals surface area contributed by atoms with E-state index in [0.29, 0.717) is 29.4 Å². The fraction of sp³-hybridized carbons (Fsp3) is 0.364. The van der Waals surface area contributed by atoms with Crippen LogP contribution in [0.1, 0.15) is 12.8 Å². The predicted molar refractivity (Wildman–Crippen MR) is 69.9 cm³/mol. The van der Waals surface area contributed by atoms with Gasteiger partial charge in [-0.2, -0.15) is 0 Å². The molecular weight excluding hydrogens is 256 g/mol. The number of methoxy groups -OCH3 is 1. The molecule has 6 nitrogen and oxygen atoms in total. The van der Waals surface area contributed by atoms with E-state index in [9.17, 15) is 4.79 Å². The number of benzene rings is 1. The van der Waals surface area contributed by atoms with Crippen molar-refractivity contribution in [2.75, 3.05) is 19.0 Å². The Morgan fingerprint density at radius 2 is 2.39 bits per heavy atom. The van der Waals surface area contributed by atoms with Crippen LogP contribution < -0.4 is 10.1 Å². The predicted octanol–water partition coefficient (Wildman–Crippen LogP) is 3.38. The molecule has 18 heavy (non-hydrogen) atoms. The molecule has 0 fully saturated rings. The summed E-state index contributed by atoms with van der Waals surface area (Å²) in [6.07, 6.45) is 0.788. The Morgan fingerprint density at radius 1 is 1.61 bits per heavy atom. The van der Waals surface area contributed by atoms with Gasteiger partial charge in [0.05, 0.1) is 12.8 Å². The van der Waals surface area contributed by atoms with Crippen LogP contribution in [0.25, 0.3) is 10.4 Å². The highest BCUT2D eigenvalue weighted by atomic mass is 35.5. The Labute approximate surface area is 110 Å². The standard InChI is InChI=1S/C11H13ClN4O2/c1-18-10-7-8(12)4-5-9(10)15-11(17)3-2-6-14-16-13/h4-5,7H,2-3,6H2,1H3,(H,15,17). The Bertz CT molecular complexity index is 472. The first-order valence-electron chi connectivity index (χ1n) is 5.31. The van der Waals surface area contributed by atoms with Gasteiger partial charge in [0.25, 0.3) is 0 Å². The van der Waals surface area contributed by atoms with Crippen LogP contribution in [0, 0.1) is 0 Å². The van der Waals surface area contributed by atoms with Crippen LogP contribution in [0.2, 0.25) is 5.02 Å². The molecule has 1 amide bonds. The highest BCUT2D eigenvalue weighted by Gasteiger charge is 2.07. The Hall–Kier alpha value is -1.91. The minimum absolute atomic E-state index is 0.163. The lowest BCUT2D eigenvalue weighted by molar-refractivity contribution is -0.116. The molecule has 7 heteroatoms. The van der Waals surface area contributed by atoms with E-state index < -0.39 is 0 Å².